The van der Waals surface area contributed by atoms with Gasteiger partial charge in [0.15, 0.2) is 0 Å². The number of halogens is 1. The lowest BCUT2D eigenvalue weighted by molar-refractivity contribution is 0.119. The molecule has 0 aromatic heterocycles. The van der Waals surface area contributed by atoms with Gasteiger partial charge in [-0.05, 0) is 60.8 Å². The second-order valence-electron chi connectivity index (χ2n) is 6.11. The van der Waals surface area contributed by atoms with Crippen molar-refractivity contribution in [2.45, 2.75) is 51.5 Å². The van der Waals surface area contributed by atoms with Crippen LogP contribution in [0.25, 0.3) is 0 Å². The van der Waals surface area contributed by atoms with Gasteiger partial charge in [-0.15, -0.1) is 0 Å². The maximum Gasteiger partial charge on any atom is 0.0408 e. The SMILES string of the molecule is CCC1(CNC2Cc3ccc(Cl)cc3C2)CCC1. The highest BCUT2D eigenvalue weighted by atomic mass is 35.5. The predicted molar refractivity (Wildman–Crippen MR) is 77.2 cm³/mol. The molecule has 1 N–H and O–H groups in total. The molecule has 1 aromatic carbocycles. The summed E-state index contributed by atoms with van der Waals surface area (Å²) in [5.74, 6) is 0. The summed E-state index contributed by atoms with van der Waals surface area (Å²) in [6, 6.07) is 6.97. The zero-order chi connectivity index (χ0) is 12.6. The van der Waals surface area contributed by atoms with Crippen molar-refractivity contribution < 1.29 is 0 Å². The summed E-state index contributed by atoms with van der Waals surface area (Å²) in [4.78, 5) is 0. The minimum Gasteiger partial charge on any atom is -0.313 e. The molecule has 2 aliphatic carbocycles. The van der Waals surface area contributed by atoms with E-state index < -0.39 is 0 Å². The molecule has 0 aliphatic heterocycles. The van der Waals surface area contributed by atoms with Gasteiger partial charge in [-0.2, -0.15) is 0 Å². The summed E-state index contributed by atoms with van der Waals surface area (Å²) < 4.78 is 0. The summed E-state index contributed by atoms with van der Waals surface area (Å²) >= 11 is 6.05. The van der Waals surface area contributed by atoms with E-state index in [1.165, 1.54) is 49.8 Å². The van der Waals surface area contributed by atoms with E-state index in [0.717, 1.165) is 11.4 Å². The van der Waals surface area contributed by atoms with Crippen LogP contribution in [-0.2, 0) is 12.8 Å². The first kappa shape index (κ1) is 12.5. The van der Waals surface area contributed by atoms with E-state index in [-0.39, 0.29) is 0 Å². The summed E-state index contributed by atoms with van der Waals surface area (Å²) in [6.45, 7) is 3.54. The van der Waals surface area contributed by atoms with Gasteiger partial charge in [-0.1, -0.05) is 31.0 Å². The summed E-state index contributed by atoms with van der Waals surface area (Å²) in [5, 5.41) is 4.67. The van der Waals surface area contributed by atoms with Crippen LogP contribution in [0.4, 0.5) is 0 Å². The summed E-state index contributed by atoms with van der Waals surface area (Å²) in [5.41, 5.74) is 3.54. The molecule has 3 rings (SSSR count). The second-order valence-corrected chi connectivity index (χ2v) is 6.54. The average Bonchev–Trinajstić information content (AvgIpc) is 2.70. The van der Waals surface area contributed by atoms with E-state index in [2.05, 4.69) is 24.4 Å². The monoisotopic (exact) mass is 263 g/mol. The van der Waals surface area contributed by atoms with Crippen LogP contribution >= 0.6 is 11.6 Å². The number of benzene rings is 1. The van der Waals surface area contributed by atoms with Crippen molar-refractivity contribution in [3.05, 3.63) is 34.3 Å². The molecule has 0 amide bonds. The third kappa shape index (κ3) is 2.31. The number of hydrogen-bond acceptors (Lipinski definition) is 1. The molecule has 18 heavy (non-hydrogen) atoms. The lowest BCUT2D eigenvalue weighted by Gasteiger charge is -2.42. The molecule has 98 valence electrons. The van der Waals surface area contributed by atoms with Crippen molar-refractivity contribution >= 4 is 11.6 Å². The number of nitrogens with one attached hydrogen (secondary N) is 1. The first-order valence-electron chi connectivity index (χ1n) is 7.21. The molecular formula is C16H22ClN. The van der Waals surface area contributed by atoms with Crippen LogP contribution < -0.4 is 5.32 Å². The van der Waals surface area contributed by atoms with Crippen LogP contribution in [0.3, 0.4) is 0 Å². The van der Waals surface area contributed by atoms with E-state index in [0.29, 0.717) is 11.5 Å². The predicted octanol–water partition coefficient (Wildman–Crippen LogP) is 3.98. The third-order valence-corrected chi connectivity index (χ3v) is 5.27. The second kappa shape index (κ2) is 4.86. The van der Waals surface area contributed by atoms with Crippen molar-refractivity contribution in [1.82, 2.24) is 5.32 Å². The number of fused-ring (bicyclic) bond motifs is 1. The minimum atomic E-state index is 0.617. The molecule has 1 saturated carbocycles. The minimum absolute atomic E-state index is 0.617. The van der Waals surface area contributed by atoms with Gasteiger partial charge in [-0.25, -0.2) is 0 Å². The zero-order valence-corrected chi connectivity index (χ0v) is 11.9. The highest BCUT2D eigenvalue weighted by Crippen LogP contribution is 2.43. The first-order chi connectivity index (χ1) is 8.71. The Morgan fingerprint density at radius 2 is 2.06 bits per heavy atom. The van der Waals surface area contributed by atoms with Crippen LogP contribution in [0.5, 0.6) is 0 Å². The topological polar surface area (TPSA) is 12.0 Å². The van der Waals surface area contributed by atoms with Crippen LogP contribution in [0.1, 0.15) is 43.7 Å². The Kier molecular flexibility index (Phi) is 3.38. The third-order valence-electron chi connectivity index (χ3n) is 5.03. The van der Waals surface area contributed by atoms with Crippen LogP contribution in [-0.4, -0.2) is 12.6 Å². The van der Waals surface area contributed by atoms with Gasteiger partial charge in [0.25, 0.3) is 0 Å². The van der Waals surface area contributed by atoms with E-state index in [1.54, 1.807) is 0 Å². The average molecular weight is 264 g/mol. The molecular weight excluding hydrogens is 242 g/mol. The van der Waals surface area contributed by atoms with Gasteiger partial charge in [0.1, 0.15) is 0 Å². The lowest BCUT2D eigenvalue weighted by atomic mass is 9.67. The van der Waals surface area contributed by atoms with Gasteiger partial charge < -0.3 is 5.32 Å². The summed E-state index contributed by atoms with van der Waals surface area (Å²) in [7, 11) is 0. The van der Waals surface area contributed by atoms with Crippen LogP contribution in [0.15, 0.2) is 18.2 Å². The Balaban J connectivity index is 1.58. The van der Waals surface area contributed by atoms with Gasteiger partial charge in [0.2, 0.25) is 0 Å². The Morgan fingerprint density at radius 1 is 1.28 bits per heavy atom. The van der Waals surface area contributed by atoms with Gasteiger partial charge >= 0.3 is 0 Å². The zero-order valence-electron chi connectivity index (χ0n) is 11.1. The highest BCUT2D eigenvalue weighted by Gasteiger charge is 2.35. The Bertz CT molecular complexity index is 431. The molecule has 1 fully saturated rings. The molecule has 0 bridgehead atoms. The molecule has 1 unspecified atom stereocenters. The molecule has 0 saturated heterocycles. The van der Waals surface area contributed by atoms with Gasteiger partial charge in [-0.3, -0.25) is 0 Å². The smallest absolute Gasteiger partial charge is 0.0408 e. The van der Waals surface area contributed by atoms with Crippen molar-refractivity contribution in [3.8, 4) is 0 Å². The summed E-state index contributed by atoms with van der Waals surface area (Å²) in [6.07, 6.45) is 7.91. The fourth-order valence-electron chi connectivity index (χ4n) is 3.42. The standard InChI is InChI=1S/C16H22ClN/c1-2-16(6-3-7-16)11-18-15-9-12-4-5-14(17)8-13(12)10-15/h4-5,8,15,18H,2-3,6-7,9-11H2,1H3. The van der Waals surface area contributed by atoms with Crippen LogP contribution in [0, 0.1) is 5.41 Å². The highest BCUT2D eigenvalue weighted by molar-refractivity contribution is 6.30. The molecule has 1 aromatic rings. The number of hydrogen-bond donors (Lipinski definition) is 1. The maximum atomic E-state index is 6.05. The fraction of sp³-hybridized carbons (Fsp3) is 0.625. The van der Waals surface area contributed by atoms with Gasteiger partial charge in [0, 0.05) is 17.6 Å². The quantitative estimate of drug-likeness (QED) is 0.867. The van der Waals surface area contributed by atoms with Crippen molar-refractivity contribution in [3.63, 3.8) is 0 Å². The van der Waals surface area contributed by atoms with E-state index >= 15 is 0 Å². The van der Waals surface area contributed by atoms with Gasteiger partial charge in [0.05, 0.1) is 0 Å². The number of rotatable bonds is 4. The molecule has 0 heterocycles. The molecule has 0 spiro atoms. The fourth-order valence-corrected chi connectivity index (χ4v) is 3.62. The lowest BCUT2D eigenvalue weighted by Crippen LogP contribution is -2.43. The van der Waals surface area contributed by atoms with E-state index in [9.17, 15) is 0 Å². The molecule has 1 nitrogen and oxygen atoms in total. The Labute approximate surface area is 115 Å². The Hall–Kier alpha value is -0.530. The van der Waals surface area contributed by atoms with E-state index in [4.69, 9.17) is 11.6 Å². The molecule has 2 aliphatic rings. The van der Waals surface area contributed by atoms with Crippen LogP contribution in [0.2, 0.25) is 5.02 Å². The largest absolute Gasteiger partial charge is 0.313 e. The molecule has 0 radical (unpaired) electrons. The first-order valence-corrected chi connectivity index (χ1v) is 7.59. The molecule has 1 atom stereocenters. The van der Waals surface area contributed by atoms with Crippen molar-refractivity contribution in [1.29, 1.82) is 0 Å². The van der Waals surface area contributed by atoms with Crippen molar-refractivity contribution in [2.24, 2.45) is 5.41 Å². The Morgan fingerprint density at radius 3 is 2.72 bits per heavy atom. The molecule has 2 heteroatoms. The van der Waals surface area contributed by atoms with Crippen molar-refractivity contribution in [2.75, 3.05) is 6.54 Å². The maximum absolute atomic E-state index is 6.05. The normalized spacial score (nSPS) is 24.7. The van der Waals surface area contributed by atoms with E-state index in [1.807, 2.05) is 6.07 Å².